The Morgan fingerprint density at radius 2 is 1.96 bits per heavy atom. The van der Waals surface area contributed by atoms with Gasteiger partial charge in [-0.2, -0.15) is 4.31 Å². The number of rotatable bonds is 5. The van der Waals surface area contributed by atoms with Crippen molar-refractivity contribution in [2.75, 3.05) is 38.2 Å². The number of sulfonamides is 1. The molecule has 1 aliphatic rings. The van der Waals surface area contributed by atoms with Gasteiger partial charge in [0.25, 0.3) is 0 Å². The van der Waals surface area contributed by atoms with E-state index < -0.39 is 10.0 Å². The van der Waals surface area contributed by atoms with Gasteiger partial charge in [0.2, 0.25) is 10.0 Å². The van der Waals surface area contributed by atoms with Crippen LogP contribution in [0.2, 0.25) is 0 Å². The number of hydrogen-bond acceptors (Lipinski definition) is 6. The zero-order valence-corrected chi connectivity index (χ0v) is 14.5. The SMILES string of the molecule is CCNc1nc(-c2ccc(S(=O)(=O)N3CCOCC3)cc2)cs1. The maximum absolute atomic E-state index is 12.6. The van der Waals surface area contributed by atoms with Crippen LogP contribution in [0.3, 0.4) is 0 Å². The summed E-state index contributed by atoms with van der Waals surface area (Å²) >= 11 is 1.54. The van der Waals surface area contributed by atoms with Crippen molar-refractivity contribution < 1.29 is 13.2 Å². The fourth-order valence-electron chi connectivity index (χ4n) is 2.37. The highest BCUT2D eigenvalue weighted by Gasteiger charge is 2.26. The molecular formula is C15H19N3O3S2. The molecule has 2 heterocycles. The molecule has 2 aromatic rings. The van der Waals surface area contributed by atoms with Gasteiger partial charge < -0.3 is 10.1 Å². The second-order valence-electron chi connectivity index (χ2n) is 5.11. The van der Waals surface area contributed by atoms with E-state index in [0.29, 0.717) is 31.2 Å². The number of aromatic nitrogens is 1. The van der Waals surface area contributed by atoms with Crippen LogP contribution in [0.4, 0.5) is 5.13 Å². The third kappa shape index (κ3) is 3.55. The Labute approximate surface area is 140 Å². The standard InChI is InChI=1S/C15H19N3O3S2/c1-2-16-15-17-14(11-22-15)12-3-5-13(6-4-12)23(19,20)18-7-9-21-10-8-18/h3-6,11H,2,7-10H2,1H3,(H,16,17). The van der Waals surface area contributed by atoms with E-state index in [0.717, 1.165) is 22.9 Å². The first-order chi connectivity index (χ1) is 11.1. The van der Waals surface area contributed by atoms with Crippen molar-refractivity contribution in [3.63, 3.8) is 0 Å². The average Bonchev–Trinajstić information content (AvgIpc) is 3.05. The molecule has 0 unspecified atom stereocenters. The Balaban J connectivity index is 1.80. The van der Waals surface area contributed by atoms with Crippen molar-refractivity contribution in [2.24, 2.45) is 0 Å². The van der Waals surface area contributed by atoms with E-state index in [4.69, 9.17) is 4.74 Å². The lowest BCUT2D eigenvalue weighted by Gasteiger charge is -2.26. The molecular weight excluding hydrogens is 334 g/mol. The average molecular weight is 353 g/mol. The van der Waals surface area contributed by atoms with Gasteiger partial charge >= 0.3 is 0 Å². The maximum atomic E-state index is 12.6. The molecule has 1 fully saturated rings. The van der Waals surface area contributed by atoms with Crippen LogP contribution in [-0.4, -0.2) is 50.6 Å². The largest absolute Gasteiger partial charge is 0.379 e. The summed E-state index contributed by atoms with van der Waals surface area (Å²) in [5.41, 5.74) is 1.76. The van der Waals surface area contributed by atoms with Gasteiger partial charge in [-0.25, -0.2) is 13.4 Å². The summed E-state index contributed by atoms with van der Waals surface area (Å²) in [5.74, 6) is 0. The highest BCUT2D eigenvalue weighted by atomic mass is 32.2. The minimum absolute atomic E-state index is 0.310. The third-order valence-electron chi connectivity index (χ3n) is 3.59. The van der Waals surface area contributed by atoms with E-state index in [1.54, 1.807) is 24.3 Å². The van der Waals surface area contributed by atoms with Crippen molar-refractivity contribution in [3.05, 3.63) is 29.6 Å². The van der Waals surface area contributed by atoms with Gasteiger partial charge in [0.1, 0.15) is 0 Å². The molecule has 0 aliphatic carbocycles. The summed E-state index contributed by atoms with van der Waals surface area (Å²) in [6, 6.07) is 6.90. The Morgan fingerprint density at radius 3 is 2.61 bits per heavy atom. The second kappa shape index (κ2) is 6.96. The summed E-state index contributed by atoms with van der Waals surface area (Å²) < 4.78 is 31.8. The summed E-state index contributed by atoms with van der Waals surface area (Å²) in [6.07, 6.45) is 0. The lowest BCUT2D eigenvalue weighted by molar-refractivity contribution is 0.0730. The van der Waals surface area contributed by atoms with E-state index in [-0.39, 0.29) is 0 Å². The number of nitrogens with zero attached hydrogens (tertiary/aromatic N) is 2. The third-order valence-corrected chi connectivity index (χ3v) is 6.30. The van der Waals surface area contributed by atoms with Gasteiger partial charge in [0.05, 0.1) is 23.8 Å². The highest BCUT2D eigenvalue weighted by Crippen LogP contribution is 2.26. The monoisotopic (exact) mass is 353 g/mol. The van der Waals surface area contributed by atoms with Crippen molar-refractivity contribution >= 4 is 26.5 Å². The number of benzene rings is 1. The van der Waals surface area contributed by atoms with Crippen LogP contribution in [0, 0.1) is 0 Å². The quantitative estimate of drug-likeness (QED) is 0.893. The Morgan fingerprint density at radius 1 is 1.26 bits per heavy atom. The van der Waals surface area contributed by atoms with E-state index in [2.05, 4.69) is 10.3 Å². The first-order valence-electron chi connectivity index (χ1n) is 7.49. The first-order valence-corrected chi connectivity index (χ1v) is 9.81. The number of morpholine rings is 1. The second-order valence-corrected chi connectivity index (χ2v) is 7.91. The summed E-state index contributed by atoms with van der Waals surface area (Å²) in [6.45, 7) is 4.55. The number of ether oxygens (including phenoxy) is 1. The lowest BCUT2D eigenvalue weighted by atomic mass is 10.2. The smallest absolute Gasteiger partial charge is 0.243 e. The Bertz CT molecular complexity index is 751. The van der Waals surface area contributed by atoms with Crippen LogP contribution in [0.1, 0.15) is 6.92 Å². The van der Waals surface area contributed by atoms with Gasteiger partial charge in [0, 0.05) is 30.6 Å². The van der Waals surface area contributed by atoms with Crippen LogP contribution in [0.25, 0.3) is 11.3 Å². The molecule has 6 nitrogen and oxygen atoms in total. The highest BCUT2D eigenvalue weighted by molar-refractivity contribution is 7.89. The van der Waals surface area contributed by atoms with Crippen LogP contribution in [0.15, 0.2) is 34.5 Å². The zero-order chi connectivity index (χ0) is 16.3. The molecule has 0 amide bonds. The van der Waals surface area contributed by atoms with Gasteiger partial charge in [-0.3, -0.25) is 0 Å². The van der Waals surface area contributed by atoms with Crippen LogP contribution in [0.5, 0.6) is 0 Å². The number of anilines is 1. The van der Waals surface area contributed by atoms with Crippen LogP contribution >= 0.6 is 11.3 Å². The first kappa shape index (κ1) is 16.4. The predicted molar refractivity (Wildman–Crippen MR) is 91.3 cm³/mol. The molecule has 0 bridgehead atoms. The molecule has 0 radical (unpaired) electrons. The molecule has 23 heavy (non-hydrogen) atoms. The van der Waals surface area contributed by atoms with Gasteiger partial charge in [-0.05, 0) is 19.1 Å². The van der Waals surface area contributed by atoms with Crippen LogP contribution < -0.4 is 5.32 Å². The van der Waals surface area contributed by atoms with E-state index in [1.807, 2.05) is 12.3 Å². The van der Waals surface area contributed by atoms with Gasteiger partial charge in [-0.15, -0.1) is 11.3 Å². The molecule has 0 saturated carbocycles. The minimum Gasteiger partial charge on any atom is -0.379 e. The zero-order valence-electron chi connectivity index (χ0n) is 12.9. The number of nitrogens with one attached hydrogen (secondary N) is 1. The molecule has 1 aliphatic heterocycles. The number of thiazole rings is 1. The summed E-state index contributed by atoms with van der Waals surface area (Å²) in [4.78, 5) is 4.79. The molecule has 0 spiro atoms. The van der Waals surface area contributed by atoms with Crippen molar-refractivity contribution in [2.45, 2.75) is 11.8 Å². The van der Waals surface area contributed by atoms with Crippen molar-refractivity contribution in [1.29, 1.82) is 0 Å². The molecule has 1 aromatic carbocycles. The van der Waals surface area contributed by atoms with Crippen molar-refractivity contribution in [1.82, 2.24) is 9.29 Å². The van der Waals surface area contributed by atoms with E-state index in [9.17, 15) is 8.42 Å². The molecule has 1 aromatic heterocycles. The summed E-state index contributed by atoms with van der Waals surface area (Å²) in [5, 5.41) is 6.00. The molecule has 1 N–H and O–H groups in total. The Hall–Kier alpha value is -1.48. The summed E-state index contributed by atoms with van der Waals surface area (Å²) in [7, 11) is -3.44. The molecule has 124 valence electrons. The normalized spacial score (nSPS) is 16.4. The maximum Gasteiger partial charge on any atom is 0.243 e. The molecule has 8 heteroatoms. The molecule has 0 atom stereocenters. The fourth-order valence-corrected chi connectivity index (χ4v) is 4.57. The van der Waals surface area contributed by atoms with Crippen LogP contribution in [-0.2, 0) is 14.8 Å². The predicted octanol–water partition coefficient (Wildman–Crippen LogP) is 2.26. The van der Waals surface area contributed by atoms with E-state index in [1.165, 1.54) is 15.6 Å². The topological polar surface area (TPSA) is 71.5 Å². The van der Waals surface area contributed by atoms with Gasteiger partial charge in [0.15, 0.2) is 5.13 Å². The van der Waals surface area contributed by atoms with Gasteiger partial charge in [-0.1, -0.05) is 12.1 Å². The Kier molecular flexibility index (Phi) is 4.96. The minimum atomic E-state index is -3.44. The fraction of sp³-hybridized carbons (Fsp3) is 0.400. The van der Waals surface area contributed by atoms with Crippen molar-refractivity contribution in [3.8, 4) is 11.3 Å². The van der Waals surface area contributed by atoms with E-state index >= 15 is 0 Å². The molecule has 1 saturated heterocycles. The molecule has 3 rings (SSSR count). The number of hydrogen-bond donors (Lipinski definition) is 1. The lowest BCUT2D eigenvalue weighted by Crippen LogP contribution is -2.40.